The van der Waals surface area contributed by atoms with E-state index in [1.54, 1.807) is 18.2 Å². The normalized spacial score (nSPS) is 14.6. The van der Waals surface area contributed by atoms with E-state index in [9.17, 15) is 4.79 Å². The fourth-order valence-corrected chi connectivity index (χ4v) is 2.72. The van der Waals surface area contributed by atoms with Gasteiger partial charge in [0.1, 0.15) is 0 Å². The zero-order valence-corrected chi connectivity index (χ0v) is 12.9. The van der Waals surface area contributed by atoms with E-state index in [1.807, 2.05) is 24.3 Å². The molecule has 1 fully saturated rings. The summed E-state index contributed by atoms with van der Waals surface area (Å²) in [5, 5.41) is 14.9. The Morgan fingerprint density at radius 1 is 1.13 bits per heavy atom. The number of hydrogen-bond donors (Lipinski definition) is 2. The highest BCUT2D eigenvalue weighted by atomic mass is 16.1. The molecule has 1 saturated carbocycles. The van der Waals surface area contributed by atoms with Gasteiger partial charge in [-0.15, -0.1) is 0 Å². The number of benzene rings is 2. The lowest BCUT2D eigenvalue weighted by Gasteiger charge is -2.17. The van der Waals surface area contributed by atoms with E-state index in [0.717, 1.165) is 18.5 Å². The Hall–Kier alpha value is -2.80. The molecule has 0 saturated heterocycles. The fourth-order valence-electron chi connectivity index (χ4n) is 2.72. The monoisotopic (exact) mass is 305 g/mol. The van der Waals surface area contributed by atoms with Crippen molar-refractivity contribution >= 4 is 11.6 Å². The fraction of sp³-hybridized carbons (Fsp3) is 0.263. The molecule has 0 unspecified atom stereocenters. The predicted octanol–water partition coefficient (Wildman–Crippen LogP) is 2.82. The number of amides is 1. The summed E-state index contributed by atoms with van der Waals surface area (Å²) in [6, 6.07) is 19.6. The third kappa shape index (κ3) is 3.70. The summed E-state index contributed by atoms with van der Waals surface area (Å²) in [5.74, 6) is -0.0328. The molecule has 1 amide bonds. The molecule has 3 rings (SSSR count). The van der Waals surface area contributed by atoms with Crippen molar-refractivity contribution in [2.24, 2.45) is 0 Å². The van der Waals surface area contributed by atoms with Crippen LogP contribution in [0.2, 0.25) is 0 Å². The Labute approximate surface area is 136 Å². The quantitative estimate of drug-likeness (QED) is 0.862. The molecule has 2 aromatic rings. The highest BCUT2D eigenvalue weighted by Gasteiger charge is 2.44. The number of nitrogens with zero attached hydrogens (tertiary/aromatic N) is 1. The van der Waals surface area contributed by atoms with Gasteiger partial charge < -0.3 is 10.6 Å². The van der Waals surface area contributed by atoms with Crippen LogP contribution in [0.15, 0.2) is 54.6 Å². The number of anilines is 1. The molecule has 4 nitrogen and oxygen atoms in total. The Kier molecular flexibility index (Phi) is 4.29. The lowest BCUT2D eigenvalue weighted by Crippen LogP contribution is -2.35. The summed E-state index contributed by atoms with van der Waals surface area (Å²) in [5.41, 5.74) is 2.78. The Bertz CT molecular complexity index is 730. The van der Waals surface area contributed by atoms with Crippen LogP contribution in [-0.4, -0.2) is 19.0 Å². The van der Waals surface area contributed by atoms with Crippen molar-refractivity contribution < 1.29 is 4.79 Å². The summed E-state index contributed by atoms with van der Waals surface area (Å²) in [6.07, 6.45) is 2.24. The topological polar surface area (TPSA) is 64.9 Å². The minimum atomic E-state index is -0.0328. The van der Waals surface area contributed by atoms with Crippen LogP contribution < -0.4 is 10.6 Å². The van der Waals surface area contributed by atoms with Crippen molar-refractivity contribution in [3.63, 3.8) is 0 Å². The van der Waals surface area contributed by atoms with E-state index in [2.05, 4.69) is 28.8 Å². The summed E-state index contributed by atoms with van der Waals surface area (Å²) >= 11 is 0. The SMILES string of the molecule is N#Cc1cccc(NCC(=O)NCC2(c3ccccc3)CC2)c1. The van der Waals surface area contributed by atoms with Crippen LogP contribution >= 0.6 is 0 Å². The number of carbonyl (C=O) groups excluding carboxylic acids is 1. The molecule has 1 aliphatic rings. The number of hydrogen-bond acceptors (Lipinski definition) is 3. The van der Waals surface area contributed by atoms with Crippen LogP contribution in [0.3, 0.4) is 0 Å². The summed E-state index contributed by atoms with van der Waals surface area (Å²) in [7, 11) is 0. The molecule has 0 heterocycles. The largest absolute Gasteiger partial charge is 0.376 e. The first-order chi connectivity index (χ1) is 11.2. The molecule has 0 radical (unpaired) electrons. The van der Waals surface area contributed by atoms with Crippen molar-refractivity contribution in [1.82, 2.24) is 5.32 Å². The first kappa shape index (κ1) is 15.1. The molecule has 1 aliphatic carbocycles. The van der Waals surface area contributed by atoms with Gasteiger partial charge >= 0.3 is 0 Å². The van der Waals surface area contributed by atoms with Gasteiger partial charge in [-0.25, -0.2) is 0 Å². The molecule has 2 aromatic carbocycles. The van der Waals surface area contributed by atoms with Crippen molar-refractivity contribution in [1.29, 1.82) is 5.26 Å². The van der Waals surface area contributed by atoms with Crippen LogP contribution in [0, 0.1) is 11.3 Å². The van der Waals surface area contributed by atoms with Gasteiger partial charge in [0.2, 0.25) is 5.91 Å². The van der Waals surface area contributed by atoms with Gasteiger partial charge in [0.15, 0.2) is 0 Å². The third-order valence-corrected chi connectivity index (χ3v) is 4.31. The van der Waals surface area contributed by atoms with E-state index in [0.29, 0.717) is 12.1 Å². The van der Waals surface area contributed by atoms with Crippen LogP contribution in [0.1, 0.15) is 24.0 Å². The van der Waals surface area contributed by atoms with Crippen molar-refractivity contribution in [2.75, 3.05) is 18.4 Å². The number of nitrogens with one attached hydrogen (secondary N) is 2. The highest BCUT2D eigenvalue weighted by molar-refractivity contribution is 5.81. The molecular formula is C19H19N3O. The van der Waals surface area contributed by atoms with E-state index < -0.39 is 0 Å². The summed E-state index contributed by atoms with van der Waals surface area (Å²) < 4.78 is 0. The maximum atomic E-state index is 12.0. The molecule has 2 N–H and O–H groups in total. The molecule has 0 aromatic heterocycles. The van der Waals surface area contributed by atoms with Gasteiger partial charge in [-0.2, -0.15) is 5.26 Å². The van der Waals surface area contributed by atoms with E-state index in [4.69, 9.17) is 5.26 Å². The minimum Gasteiger partial charge on any atom is -0.376 e. The van der Waals surface area contributed by atoms with Crippen LogP contribution in [0.4, 0.5) is 5.69 Å². The summed E-state index contributed by atoms with van der Waals surface area (Å²) in [4.78, 5) is 12.0. The average Bonchev–Trinajstić information content (AvgIpc) is 3.40. The van der Waals surface area contributed by atoms with Gasteiger partial charge in [-0.3, -0.25) is 4.79 Å². The molecular weight excluding hydrogens is 286 g/mol. The van der Waals surface area contributed by atoms with Gasteiger partial charge in [0, 0.05) is 17.6 Å². The highest BCUT2D eigenvalue weighted by Crippen LogP contribution is 2.47. The zero-order chi connectivity index (χ0) is 16.1. The third-order valence-electron chi connectivity index (χ3n) is 4.31. The molecule has 0 spiro atoms. The number of rotatable bonds is 6. The first-order valence-corrected chi connectivity index (χ1v) is 7.78. The van der Waals surface area contributed by atoms with Gasteiger partial charge in [-0.05, 0) is 36.6 Å². The zero-order valence-electron chi connectivity index (χ0n) is 12.9. The molecule has 0 aliphatic heterocycles. The van der Waals surface area contributed by atoms with Crippen LogP contribution in [0.25, 0.3) is 0 Å². The van der Waals surface area contributed by atoms with E-state index >= 15 is 0 Å². The van der Waals surface area contributed by atoms with Gasteiger partial charge in [-0.1, -0.05) is 36.4 Å². The second-order valence-electron chi connectivity index (χ2n) is 5.97. The first-order valence-electron chi connectivity index (χ1n) is 7.78. The van der Waals surface area contributed by atoms with E-state index in [1.165, 1.54) is 5.56 Å². The lowest BCUT2D eigenvalue weighted by atomic mass is 9.96. The van der Waals surface area contributed by atoms with Crippen LogP contribution in [-0.2, 0) is 10.2 Å². The number of carbonyl (C=O) groups is 1. The Balaban J connectivity index is 1.50. The second kappa shape index (κ2) is 6.53. The van der Waals surface area contributed by atoms with Crippen molar-refractivity contribution in [3.8, 4) is 6.07 Å². The Morgan fingerprint density at radius 3 is 2.61 bits per heavy atom. The molecule has 116 valence electrons. The maximum Gasteiger partial charge on any atom is 0.239 e. The average molecular weight is 305 g/mol. The standard InChI is InChI=1S/C19H19N3O/c20-12-15-5-4-8-17(11-15)21-13-18(23)22-14-19(9-10-19)16-6-2-1-3-7-16/h1-8,11,21H,9-10,13-14H2,(H,22,23). The van der Waals surface area contributed by atoms with E-state index in [-0.39, 0.29) is 17.9 Å². The van der Waals surface area contributed by atoms with Gasteiger partial charge in [0.25, 0.3) is 0 Å². The molecule has 0 atom stereocenters. The van der Waals surface area contributed by atoms with Crippen LogP contribution in [0.5, 0.6) is 0 Å². The summed E-state index contributed by atoms with van der Waals surface area (Å²) in [6.45, 7) is 0.884. The van der Waals surface area contributed by atoms with Crippen molar-refractivity contribution in [3.05, 3.63) is 65.7 Å². The molecule has 0 bridgehead atoms. The van der Waals surface area contributed by atoms with Gasteiger partial charge in [0.05, 0.1) is 18.2 Å². The predicted molar refractivity (Wildman–Crippen MR) is 90.0 cm³/mol. The Morgan fingerprint density at radius 2 is 1.91 bits per heavy atom. The second-order valence-corrected chi connectivity index (χ2v) is 5.97. The maximum absolute atomic E-state index is 12.0. The molecule has 4 heteroatoms. The molecule has 23 heavy (non-hydrogen) atoms. The smallest absolute Gasteiger partial charge is 0.239 e. The number of nitriles is 1. The lowest BCUT2D eigenvalue weighted by molar-refractivity contribution is -0.119. The van der Waals surface area contributed by atoms with Crippen molar-refractivity contribution in [2.45, 2.75) is 18.3 Å². The minimum absolute atomic E-state index is 0.0328.